The van der Waals surface area contributed by atoms with Crippen LogP contribution in [-0.2, 0) is 25.5 Å². The summed E-state index contributed by atoms with van der Waals surface area (Å²) in [6.07, 6.45) is 1.46. The largest absolute Gasteiger partial charge is 0.451 e. The van der Waals surface area contributed by atoms with Crippen molar-refractivity contribution in [3.8, 4) is 0 Å². The van der Waals surface area contributed by atoms with E-state index in [0.717, 1.165) is 10.0 Å². The summed E-state index contributed by atoms with van der Waals surface area (Å²) in [7, 11) is 0. The van der Waals surface area contributed by atoms with Gasteiger partial charge in [-0.2, -0.15) is 0 Å². The van der Waals surface area contributed by atoms with Crippen molar-refractivity contribution in [2.24, 2.45) is 11.8 Å². The van der Waals surface area contributed by atoms with Gasteiger partial charge in [0.2, 0.25) is 0 Å². The minimum Gasteiger partial charge on any atom is -0.451 e. The topological polar surface area (TPSA) is 72.8 Å². The van der Waals surface area contributed by atoms with E-state index in [2.05, 4.69) is 15.9 Å². The minimum absolute atomic E-state index is 0.0301. The van der Waals surface area contributed by atoms with Crippen molar-refractivity contribution >= 4 is 34.8 Å². The summed E-state index contributed by atoms with van der Waals surface area (Å²) in [5.41, 5.74) is 1.08. The number of hydrogen-bond donors (Lipinski definition) is 1. The molecule has 5 nitrogen and oxygen atoms in total. The van der Waals surface area contributed by atoms with Crippen LogP contribution >= 0.6 is 15.9 Å². The number of carbonyl (C=O) groups excluding carboxylic acids is 2. The molecule has 24 heavy (non-hydrogen) atoms. The SMILES string of the molecule is CB(O)C[C@H](Cc1ccc(Br)cc1)CC1C(=O)OC(C)(C)OC1=O. The Kier molecular flexibility index (Phi) is 6.09. The molecule has 0 radical (unpaired) electrons. The summed E-state index contributed by atoms with van der Waals surface area (Å²) in [4.78, 5) is 24.3. The molecule has 1 heterocycles. The van der Waals surface area contributed by atoms with Crippen molar-refractivity contribution in [3.05, 3.63) is 34.3 Å². The summed E-state index contributed by atoms with van der Waals surface area (Å²) in [6, 6.07) is 7.86. The standard InChI is InChI=1S/C17H22BBrO5/c1-17(2)23-15(20)14(16(21)24-17)9-12(10-18(3)22)8-11-4-6-13(19)7-5-11/h4-7,12,14,22H,8-10H2,1-3H3/t12-/m1/s1. The zero-order valence-corrected chi connectivity index (χ0v) is 15.7. The number of carbonyl (C=O) groups is 2. The average molecular weight is 397 g/mol. The van der Waals surface area contributed by atoms with Crippen molar-refractivity contribution < 1.29 is 24.1 Å². The van der Waals surface area contributed by atoms with Crippen molar-refractivity contribution in [3.63, 3.8) is 0 Å². The molecule has 0 unspecified atom stereocenters. The Morgan fingerprint density at radius 1 is 1.21 bits per heavy atom. The summed E-state index contributed by atoms with van der Waals surface area (Å²) in [5, 5.41) is 9.75. The van der Waals surface area contributed by atoms with Crippen LogP contribution in [0.15, 0.2) is 28.7 Å². The van der Waals surface area contributed by atoms with E-state index in [1.54, 1.807) is 6.82 Å². The quantitative estimate of drug-likeness (QED) is 0.454. The highest BCUT2D eigenvalue weighted by molar-refractivity contribution is 9.10. The average Bonchev–Trinajstić information content (AvgIpc) is 2.43. The molecule has 1 saturated heterocycles. The number of esters is 2. The van der Waals surface area contributed by atoms with E-state index in [1.165, 1.54) is 13.8 Å². The first kappa shape index (κ1) is 19.0. The third-order valence-corrected chi connectivity index (χ3v) is 4.47. The fourth-order valence-corrected chi connectivity index (χ4v) is 3.23. The van der Waals surface area contributed by atoms with Crippen LogP contribution in [0.1, 0.15) is 25.8 Å². The van der Waals surface area contributed by atoms with E-state index in [-0.39, 0.29) is 5.92 Å². The Morgan fingerprint density at radius 3 is 2.25 bits per heavy atom. The molecular weight excluding hydrogens is 375 g/mol. The molecular formula is C17H22BBrO5. The van der Waals surface area contributed by atoms with Gasteiger partial charge in [-0.05, 0) is 42.8 Å². The lowest BCUT2D eigenvalue weighted by Gasteiger charge is -2.34. The van der Waals surface area contributed by atoms with Gasteiger partial charge in [0.25, 0.3) is 12.7 Å². The molecule has 1 aromatic rings. The number of ether oxygens (including phenoxy) is 2. The molecule has 1 aliphatic rings. The number of cyclic esters (lactones) is 2. The smallest absolute Gasteiger partial charge is 0.323 e. The highest BCUT2D eigenvalue weighted by Crippen LogP contribution is 2.30. The number of benzene rings is 1. The molecule has 1 fully saturated rings. The zero-order valence-electron chi connectivity index (χ0n) is 14.1. The maximum absolute atomic E-state index is 12.1. The molecule has 2 rings (SSSR count). The molecule has 0 spiro atoms. The molecule has 1 aromatic carbocycles. The lowest BCUT2D eigenvalue weighted by Crippen LogP contribution is -2.47. The Bertz CT molecular complexity index is 580. The van der Waals surface area contributed by atoms with Crippen LogP contribution in [0.4, 0.5) is 0 Å². The third-order valence-electron chi connectivity index (χ3n) is 3.94. The first-order chi connectivity index (χ1) is 11.2. The summed E-state index contributed by atoms with van der Waals surface area (Å²) in [5.74, 6) is -3.28. The molecule has 0 saturated carbocycles. The molecule has 1 atom stereocenters. The Morgan fingerprint density at radius 2 is 1.75 bits per heavy atom. The summed E-state index contributed by atoms with van der Waals surface area (Å²) >= 11 is 3.40. The van der Waals surface area contributed by atoms with Gasteiger partial charge in [0.15, 0.2) is 5.92 Å². The molecule has 7 heteroatoms. The highest BCUT2D eigenvalue weighted by atomic mass is 79.9. The van der Waals surface area contributed by atoms with E-state index in [0.29, 0.717) is 19.2 Å². The first-order valence-electron chi connectivity index (χ1n) is 8.04. The van der Waals surface area contributed by atoms with Gasteiger partial charge in [0, 0.05) is 18.3 Å². The molecule has 0 aliphatic carbocycles. The monoisotopic (exact) mass is 396 g/mol. The second-order valence-electron chi connectivity index (χ2n) is 6.81. The molecule has 130 valence electrons. The maximum atomic E-state index is 12.1. The van der Waals surface area contributed by atoms with E-state index < -0.39 is 30.6 Å². The maximum Gasteiger partial charge on any atom is 0.323 e. The van der Waals surface area contributed by atoms with Crippen LogP contribution in [0.3, 0.4) is 0 Å². The number of hydrogen-bond acceptors (Lipinski definition) is 5. The molecule has 1 N–H and O–H groups in total. The Hall–Kier alpha value is -1.34. The predicted molar refractivity (Wildman–Crippen MR) is 94.3 cm³/mol. The number of halogens is 1. The van der Waals surface area contributed by atoms with Gasteiger partial charge in [-0.15, -0.1) is 0 Å². The molecule has 0 aromatic heterocycles. The van der Waals surface area contributed by atoms with E-state index in [9.17, 15) is 14.6 Å². The molecule has 1 aliphatic heterocycles. The zero-order chi connectivity index (χ0) is 17.9. The van der Waals surface area contributed by atoms with Crippen LogP contribution in [0.2, 0.25) is 13.1 Å². The van der Waals surface area contributed by atoms with Gasteiger partial charge in [-0.3, -0.25) is 9.59 Å². The van der Waals surface area contributed by atoms with Crippen LogP contribution in [0.25, 0.3) is 0 Å². The summed E-state index contributed by atoms with van der Waals surface area (Å²) < 4.78 is 11.3. The van der Waals surface area contributed by atoms with Gasteiger partial charge < -0.3 is 14.5 Å². The fourth-order valence-electron chi connectivity index (χ4n) is 2.97. The van der Waals surface area contributed by atoms with Gasteiger partial charge in [0.05, 0.1) is 0 Å². The predicted octanol–water partition coefficient (Wildman–Crippen LogP) is 3.06. The van der Waals surface area contributed by atoms with Crippen molar-refractivity contribution in [2.45, 2.75) is 45.6 Å². The van der Waals surface area contributed by atoms with Crippen molar-refractivity contribution in [2.75, 3.05) is 0 Å². The van der Waals surface area contributed by atoms with E-state index >= 15 is 0 Å². The van der Waals surface area contributed by atoms with Crippen molar-refractivity contribution in [1.29, 1.82) is 0 Å². The van der Waals surface area contributed by atoms with Crippen LogP contribution in [-0.4, -0.2) is 29.7 Å². The van der Waals surface area contributed by atoms with Gasteiger partial charge in [0.1, 0.15) is 0 Å². The van der Waals surface area contributed by atoms with E-state index in [1.807, 2.05) is 24.3 Å². The second kappa shape index (κ2) is 7.70. The second-order valence-corrected chi connectivity index (χ2v) is 7.73. The van der Waals surface area contributed by atoms with Crippen LogP contribution in [0.5, 0.6) is 0 Å². The summed E-state index contributed by atoms with van der Waals surface area (Å²) in [6.45, 7) is 4.26. The number of rotatable bonds is 6. The van der Waals surface area contributed by atoms with Crippen LogP contribution in [0, 0.1) is 11.8 Å². The minimum atomic E-state index is -1.21. The van der Waals surface area contributed by atoms with Gasteiger partial charge in [-0.1, -0.05) is 34.9 Å². The van der Waals surface area contributed by atoms with Gasteiger partial charge >= 0.3 is 11.9 Å². The highest BCUT2D eigenvalue weighted by Gasteiger charge is 2.44. The lowest BCUT2D eigenvalue weighted by atomic mass is 9.62. The normalized spacial score (nSPS) is 18.7. The third kappa shape index (κ3) is 5.35. The Labute approximate surface area is 151 Å². The van der Waals surface area contributed by atoms with E-state index in [4.69, 9.17) is 9.47 Å². The Balaban J connectivity index is 2.09. The molecule has 0 amide bonds. The fraction of sp³-hybridized carbons (Fsp3) is 0.529. The first-order valence-corrected chi connectivity index (χ1v) is 8.84. The molecule has 0 bridgehead atoms. The van der Waals surface area contributed by atoms with Gasteiger partial charge in [-0.25, -0.2) is 0 Å². The van der Waals surface area contributed by atoms with Crippen LogP contribution < -0.4 is 0 Å². The van der Waals surface area contributed by atoms with Crippen molar-refractivity contribution in [1.82, 2.24) is 0 Å². The lowest BCUT2D eigenvalue weighted by molar-refractivity contribution is -0.240.